The molecule has 0 aliphatic heterocycles. The van der Waals surface area contributed by atoms with E-state index in [4.69, 9.17) is 0 Å². The van der Waals surface area contributed by atoms with E-state index in [0.29, 0.717) is 10.8 Å². The maximum atomic E-state index is 14.1. The van der Waals surface area contributed by atoms with Crippen molar-refractivity contribution < 1.29 is 9.18 Å². The molecule has 0 aliphatic carbocycles. The van der Waals surface area contributed by atoms with E-state index in [1.54, 1.807) is 19.1 Å². The van der Waals surface area contributed by atoms with E-state index < -0.39 is 17.2 Å². The normalized spacial score (nSPS) is 10.9. The van der Waals surface area contributed by atoms with Gasteiger partial charge in [0, 0.05) is 11.8 Å². The molecule has 27 heavy (non-hydrogen) atoms. The Kier molecular flexibility index (Phi) is 4.25. The van der Waals surface area contributed by atoms with Crippen molar-refractivity contribution in [2.45, 2.75) is 6.92 Å². The molecule has 0 spiro atoms. The topological polar surface area (TPSA) is 76.9 Å². The molecule has 0 saturated carbocycles. The summed E-state index contributed by atoms with van der Waals surface area (Å²) in [5.41, 5.74) is 0.450. The highest BCUT2D eigenvalue weighted by Gasteiger charge is 2.18. The van der Waals surface area contributed by atoms with Crippen LogP contribution < -0.4 is 10.7 Å². The van der Waals surface area contributed by atoms with Crippen LogP contribution in [0.2, 0.25) is 0 Å². The number of nitrogens with zero attached hydrogens (tertiary/aromatic N) is 3. The Labute approximate surface area is 156 Å². The first-order valence-corrected chi connectivity index (χ1v) is 8.87. The molecule has 2 aromatic carbocycles. The van der Waals surface area contributed by atoms with Gasteiger partial charge in [0.2, 0.25) is 5.43 Å². The van der Waals surface area contributed by atoms with Gasteiger partial charge in [0.25, 0.3) is 5.91 Å². The van der Waals surface area contributed by atoms with Gasteiger partial charge in [-0.2, -0.15) is 5.10 Å². The highest BCUT2D eigenvalue weighted by molar-refractivity contribution is 7.22. The van der Waals surface area contributed by atoms with E-state index in [9.17, 15) is 14.0 Å². The van der Waals surface area contributed by atoms with Gasteiger partial charge in [-0.3, -0.25) is 14.9 Å². The van der Waals surface area contributed by atoms with Gasteiger partial charge in [-0.1, -0.05) is 35.6 Å². The molecule has 1 amide bonds. The molecule has 0 saturated heterocycles. The quantitative estimate of drug-likeness (QED) is 0.590. The Bertz CT molecular complexity index is 1200. The number of aryl methyl sites for hydroxylation is 1. The Balaban J connectivity index is 1.72. The number of anilines is 1. The number of benzene rings is 2. The minimum atomic E-state index is -0.691. The van der Waals surface area contributed by atoms with Crippen molar-refractivity contribution in [1.82, 2.24) is 14.8 Å². The maximum Gasteiger partial charge on any atom is 0.281 e. The lowest BCUT2D eigenvalue weighted by Crippen LogP contribution is -2.27. The first-order chi connectivity index (χ1) is 13.0. The third kappa shape index (κ3) is 3.22. The third-order valence-corrected chi connectivity index (χ3v) is 4.87. The number of carbonyl (C=O) groups is 1. The summed E-state index contributed by atoms with van der Waals surface area (Å²) in [5, 5.41) is 7.04. The summed E-state index contributed by atoms with van der Waals surface area (Å²) in [7, 11) is 0. The van der Waals surface area contributed by atoms with E-state index in [-0.39, 0.29) is 11.4 Å². The fourth-order valence-electron chi connectivity index (χ4n) is 2.65. The summed E-state index contributed by atoms with van der Waals surface area (Å²) >= 11 is 1.29. The maximum absolute atomic E-state index is 14.1. The number of halogens is 1. The van der Waals surface area contributed by atoms with Crippen LogP contribution in [0, 0.1) is 12.7 Å². The second kappa shape index (κ2) is 6.73. The van der Waals surface area contributed by atoms with E-state index in [0.717, 1.165) is 10.2 Å². The molecule has 0 radical (unpaired) electrons. The summed E-state index contributed by atoms with van der Waals surface area (Å²) in [5.74, 6) is -1.20. The first-order valence-electron chi connectivity index (χ1n) is 8.06. The zero-order chi connectivity index (χ0) is 19.0. The zero-order valence-electron chi connectivity index (χ0n) is 14.1. The smallest absolute Gasteiger partial charge is 0.281 e. The molecular formula is C19H13FN4O2S. The zero-order valence-corrected chi connectivity index (χ0v) is 15.0. The number of thiazole rings is 1. The van der Waals surface area contributed by atoms with Gasteiger partial charge in [-0.05, 0) is 31.2 Å². The molecule has 2 heterocycles. The number of aromatic nitrogens is 3. The Morgan fingerprint density at radius 2 is 1.89 bits per heavy atom. The van der Waals surface area contributed by atoms with Crippen LogP contribution in [-0.4, -0.2) is 20.7 Å². The number of rotatable bonds is 3. The second-order valence-electron chi connectivity index (χ2n) is 5.80. The predicted octanol–water partition coefficient (Wildman–Crippen LogP) is 3.54. The van der Waals surface area contributed by atoms with Crippen molar-refractivity contribution in [2.24, 2.45) is 0 Å². The second-order valence-corrected chi connectivity index (χ2v) is 6.83. The number of amides is 1. The molecule has 8 heteroatoms. The molecule has 4 rings (SSSR count). The Morgan fingerprint density at radius 1 is 1.15 bits per heavy atom. The molecule has 0 atom stereocenters. The van der Waals surface area contributed by atoms with E-state index >= 15 is 0 Å². The summed E-state index contributed by atoms with van der Waals surface area (Å²) in [6.07, 6.45) is 0. The van der Waals surface area contributed by atoms with Crippen LogP contribution in [0.15, 0.2) is 59.4 Å². The van der Waals surface area contributed by atoms with Gasteiger partial charge >= 0.3 is 0 Å². The lowest BCUT2D eigenvalue weighted by molar-refractivity contribution is 0.101. The van der Waals surface area contributed by atoms with Crippen LogP contribution in [-0.2, 0) is 0 Å². The number of nitrogens with one attached hydrogen (secondary N) is 1. The summed E-state index contributed by atoms with van der Waals surface area (Å²) in [6, 6.07) is 14.7. The predicted molar refractivity (Wildman–Crippen MR) is 102 cm³/mol. The molecule has 2 aromatic heterocycles. The van der Waals surface area contributed by atoms with E-state index in [1.165, 1.54) is 34.2 Å². The molecule has 0 fully saturated rings. The SMILES string of the molecule is Cc1cc(=O)c(C(=O)Nc2nc3ccccc3s2)nn1-c1ccccc1F. The average Bonchev–Trinajstić information content (AvgIpc) is 3.05. The number of carbonyl (C=O) groups excluding carboxylic acids is 1. The van der Waals surface area contributed by atoms with Crippen molar-refractivity contribution >= 4 is 32.6 Å². The van der Waals surface area contributed by atoms with Crippen LogP contribution in [0.3, 0.4) is 0 Å². The van der Waals surface area contributed by atoms with Crippen molar-refractivity contribution in [1.29, 1.82) is 0 Å². The molecule has 6 nitrogen and oxygen atoms in total. The molecule has 1 N–H and O–H groups in total. The number of hydrogen-bond acceptors (Lipinski definition) is 5. The van der Waals surface area contributed by atoms with Crippen LogP contribution in [0.4, 0.5) is 9.52 Å². The van der Waals surface area contributed by atoms with E-state index in [1.807, 2.05) is 24.3 Å². The third-order valence-electron chi connectivity index (χ3n) is 3.92. The summed E-state index contributed by atoms with van der Waals surface area (Å²) in [4.78, 5) is 29.2. The van der Waals surface area contributed by atoms with Crippen LogP contribution in [0.5, 0.6) is 0 Å². The number of hydrogen-bond donors (Lipinski definition) is 1. The molecular weight excluding hydrogens is 367 g/mol. The van der Waals surface area contributed by atoms with Crippen LogP contribution in [0.25, 0.3) is 15.9 Å². The highest BCUT2D eigenvalue weighted by Crippen LogP contribution is 2.25. The van der Waals surface area contributed by atoms with Crippen molar-refractivity contribution in [2.75, 3.05) is 5.32 Å². The summed E-state index contributed by atoms with van der Waals surface area (Å²) in [6.45, 7) is 1.62. The number of fused-ring (bicyclic) bond motifs is 1. The van der Waals surface area contributed by atoms with Gasteiger partial charge in [-0.15, -0.1) is 0 Å². The fraction of sp³-hybridized carbons (Fsp3) is 0.0526. The van der Waals surface area contributed by atoms with Gasteiger partial charge in [0.1, 0.15) is 11.5 Å². The van der Waals surface area contributed by atoms with Crippen LogP contribution in [0.1, 0.15) is 16.2 Å². The molecule has 0 unspecified atom stereocenters. The van der Waals surface area contributed by atoms with Gasteiger partial charge in [-0.25, -0.2) is 14.1 Å². The van der Waals surface area contributed by atoms with Crippen molar-refractivity contribution in [3.05, 3.63) is 82.0 Å². The molecule has 0 bridgehead atoms. The van der Waals surface area contributed by atoms with Gasteiger partial charge in [0.05, 0.1) is 10.2 Å². The number of para-hydroxylation sites is 2. The Hall–Kier alpha value is -3.39. The minimum Gasteiger partial charge on any atom is -0.296 e. The molecule has 134 valence electrons. The average molecular weight is 380 g/mol. The van der Waals surface area contributed by atoms with Crippen LogP contribution >= 0.6 is 11.3 Å². The van der Waals surface area contributed by atoms with E-state index in [2.05, 4.69) is 15.4 Å². The lowest BCUT2D eigenvalue weighted by atomic mass is 10.2. The van der Waals surface area contributed by atoms with Gasteiger partial charge in [0.15, 0.2) is 10.8 Å². The first kappa shape index (κ1) is 17.0. The lowest BCUT2D eigenvalue weighted by Gasteiger charge is -2.11. The minimum absolute atomic E-state index is 0.157. The van der Waals surface area contributed by atoms with Crippen molar-refractivity contribution in [3.63, 3.8) is 0 Å². The Morgan fingerprint density at radius 3 is 2.67 bits per heavy atom. The fourth-order valence-corrected chi connectivity index (χ4v) is 3.51. The van der Waals surface area contributed by atoms with Crippen molar-refractivity contribution in [3.8, 4) is 5.69 Å². The largest absolute Gasteiger partial charge is 0.296 e. The molecule has 4 aromatic rings. The highest BCUT2D eigenvalue weighted by atomic mass is 32.1. The standard InChI is InChI=1S/C19H13FN4O2S/c1-11-10-15(25)17(23-24(11)14-8-4-2-6-12(14)20)18(26)22-19-21-13-7-3-5-9-16(13)27-19/h2-10H,1H3,(H,21,22,26). The molecule has 0 aliphatic rings. The monoisotopic (exact) mass is 380 g/mol. The summed E-state index contributed by atoms with van der Waals surface area (Å²) < 4.78 is 16.3. The van der Waals surface area contributed by atoms with Gasteiger partial charge < -0.3 is 0 Å².